The molecular formula is C13H19BrFNO. The monoisotopic (exact) mass is 303 g/mol. The highest BCUT2D eigenvalue weighted by atomic mass is 79.9. The first-order valence-electron chi connectivity index (χ1n) is 6.11. The maximum Gasteiger partial charge on any atom is 0.250 e. The van der Waals surface area contributed by atoms with E-state index in [0.29, 0.717) is 17.0 Å². The van der Waals surface area contributed by atoms with E-state index in [1.54, 1.807) is 6.20 Å². The number of pyridine rings is 1. The molecule has 0 fully saturated rings. The molecule has 0 N–H and O–H groups in total. The van der Waals surface area contributed by atoms with Crippen molar-refractivity contribution in [3.8, 4) is 5.88 Å². The lowest BCUT2D eigenvalue weighted by atomic mass is 10.0. The summed E-state index contributed by atoms with van der Waals surface area (Å²) in [5, 5.41) is 0. The molecule has 1 aromatic rings. The number of aromatic nitrogens is 1. The Balaban J connectivity index is 2.47. The molecule has 0 saturated heterocycles. The zero-order valence-electron chi connectivity index (χ0n) is 10.4. The van der Waals surface area contributed by atoms with E-state index in [4.69, 9.17) is 4.74 Å². The maximum atomic E-state index is 13.4. The van der Waals surface area contributed by atoms with E-state index in [0.717, 1.165) is 12.8 Å². The van der Waals surface area contributed by atoms with Crippen molar-refractivity contribution in [3.05, 3.63) is 22.6 Å². The number of hydrogen-bond acceptors (Lipinski definition) is 2. The van der Waals surface area contributed by atoms with Crippen LogP contribution in [-0.2, 0) is 0 Å². The molecule has 96 valence electrons. The number of nitrogens with zero attached hydrogens (tertiary/aromatic N) is 1. The highest BCUT2D eigenvalue weighted by Gasteiger charge is 2.10. The van der Waals surface area contributed by atoms with Crippen LogP contribution in [0.3, 0.4) is 0 Å². The predicted octanol–water partition coefficient (Wildman–Crippen LogP) is 4.58. The Hall–Kier alpha value is -0.640. The molecule has 1 atom stereocenters. The molecule has 0 aliphatic rings. The highest BCUT2D eigenvalue weighted by molar-refractivity contribution is 9.10. The summed E-state index contributed by atoms with van der Waals surface area (Å²) in [6.45, 7) is 4.85. The molecule has 2 nitrogen and oxygen atoms in total. The molecule has 4 heteroatoms. The van der Waals surface area contributed by atoms with Crippen LogP contribution in [0.1, 0.15) is 39.5 Å². The summed E-state index contributed by atoms with van der Waals surface area (Å²) in [5.74, 6) is 0.174. The third-order valence-corrected chi connectivity index (χ3v) is 3.21. The van der Waals surface area contributed by atoms with Gasteiger partial charge in [-0.1, -0.05) is 33.1 Å². The first kappa shape index (κ1) is 14.4. The minimum absolute atomic E-state index is 0.100. The average Bonchev–Trinajstić information content (AvgIpc) is 2.31. The zero-order valence-corrected chi connectivity index (χ0v) is 12.0. The molecule has 1 heterocycles. The van der Waals surface area contributed by atoms with Crippen molar-refractivity contribution in [2.24, 2.45) is 5.92 Å². The van der Waals surface area contributed by atoms with Gasteiger partial charge in [0.1, 0.15) is 0 Å². The number of hydrogen-bond donors (Lipinski definition) is 0. The molecule has 0 spiro atoms. The number of ether oxygens (including phenoxy) is 1. The van der Waals surface area contributed by atoms with Gasteiger partial charge in [-0.3, -0.25) is 0 Å². The van der Waals surface area contributed by atoms with E-state index in [9.17, 15) is 4.39 Å². The van der Waals surface area contributed by atoms with Crippen molar-refractivity contribution in [1.29, 1.82) is 0 Å². The summed E-state index contributed by atoms with van der Waals surface area (Å²) >= 11 is 3.17. The van der Waals surface area contributed by atoms with Crippen molar-refractivity contribution in [2.75, 3.05) is 6.61 Å². The van der Waals surface area contributed by atoms with Crippen LogP contribution in [-0.4, -0.2) is 11.6 Å². The summed E-state index contributed by atoms with van der Waals surface area (Å²) in [6, 6.07) is 1.37. The van der Waals surface area contributed by atoms with Crippen LogP contribution in [0.4, 0.5) is 4.39 Å². The second kappa shape index (κ2) is 7.64. The fourth-order valence-electron chi connectivity index (χ4n) is 1.60. The van der Waals surface area contributed by atoms with Gasteiger partial charge in [-0.15, -0.1) is 0 Å². The van der Waals surface area contributed by atoms with Crippen LogP contribution in [0.25, 0.3) is 0 Å². The van der Waals surface area contributed by atoms with Crippen molar-refractivity contribution in [2.45, 2.75) is 39.5 Å². The highest BCUT2D eigenvalue weighted by Crippen LogP contribution is 2.20. The molecule has 1 aromatic heterocycles. The number of rotatable bonds is 7. The quantitative estimate of drug-likeness (QED) is 0.735. The largest absolute Gasteiger partial charge is 0.475 e. The summed E-state index contributed by atoms with van der Waals surface area (Å²) < 4.78 is 19.5. The SMILES string of the molecule is CCCCC(CC)COc1ncc(Br)cc1F. The van der Waals surface area contributed by atoms with Gasteiger partial charge in [-0.25, -0.2) is 9.37 Å². The first-order chi connectivity index (χ1) is 8.17. The van der Waals surface area contributed by atoms with Crippen molar-refractivity contribution in [1.82, 2.24) is 4.98 Å². The first-order valence-corrected chi connectivity index (χ1v) is 6.90. The van der Waals surface area contributed by atoms with Gasteiger partial charge in [0.25, 0.3) is 0 Å². The van der Waals surface area contributed by atoms with Crippen LogP contribution >= 0.6 is 15.9 Å². The van der Waals surface area contributed by atoms with Crippen LogP contribution in [0.2, 0.25) is 0 Å². The fraction of sp³-hybridized carbons (Fsp3) is 0.615. The Morgan fingerprint density at radius 2 is 2.24 bits per heavy atom. The molecule has 0 saturated carbocycles. The van der Waals surface area contributed by atoms with Gasteiger partial charge in [0, 0.05) is 10.7 Å². The predicted molar refractivity (Wildman–Crippen MR) is 70.7 cm³/mol. The second-order valence-electron chi connectivity index (χ2n) is 4.17. The Morgan fingerprint density at radius 3 is 2.82 bits per heavy atom. The van der Waals surface area contributed by atoms with E-state index in [2.05, 4.69) is 34.8 Å². The van der Waals surface area contributed by atoms with Crippen molar-refractivity contribution >= 4 is 15.9 Å². The molecule has 0 amide bonds. The second-order valence-corrected chi connectivity index (χ2v) is 5.08. The zero-order chi connectivity index (χ0) is 12.7. The minimum atomic E-state index is -0.412. The molecule has 0 bridgehead atoms. The number of halogens is 2. The summed E-state index contributed by atoms with van der Waals surface area (Å²) in [7, 11) is 0. The normalized spacial score (nSPS) is 12.5. The average molecular weight is 304 g/mol. The number of unbranched alkanes of at least 4 members (excludes halogenated alkanes) is 1. The smallest absolute Gasteiger partial charge is 0.250 e. The lowest BCUT2D eigenvalue weighted by molar-refractivity contribution is 0.216. The van der Waals surface area contributed by atoms with Gasteiger partial charge < -0.3 is 4.74 Å². The molecule has 0 radical (unpaired) electrons. The third kappa shape index (κ3) is 5.02. The Bertz CT molecular complexity index is 346. The summed E-state index contributed by atoms with van der Waals surface area (Å²) in [6.07, 6.45) is 6.11. The molecule has 0 aliphatic heterocycles. The van der Waals surface area contributed by atoms with Crippen LogP contribution in [0.15, 0.2) is 16.7 Å². The standard InChI is InChI=1S/C13H19BrFNO/c1-3-5-6-10(4-2)9-17-13-12(15)7-11(14)8-16-13/h7-8,10H,3-6,9H2,1-2H3. The van der Waals surface area contributed by atoms with E-state index in [-0.39, 0.29) is 5.88 Å². The summed E-state index contributed by atoms with van der Waals surface area (Å²) in [5.41, 5.74) is 0. The van der Waals surface area contributed by atoms with E-state index in [1.165, 1.54) is 18.9 Å². The molecular weight excluding hydrogens is 285 g/mol. The van der Waals surface area contributed by atoms with Gasteiger partial charge >= 0.3 is 0 Å². The van der Waals surface area contributed by atoms with E-state index >= 15 is 0 Å². The van der Waals surface area contributed by atoms with Crippen molar-refractivity contribution < 1.29 is 9.13 Å². The van der Waals surface area contributed by atoms with E-state index in [1.807, 2.05) is 0 Å². The Kier molecular flexibility index (Phi) is 6.48. The molecule has 17 heavy (non-hydrogen) atoms. The lowest BCUT2D eigenvalue weighted by Gasteiger charge is -2.15. The van der Waals surface area contributed by atoms with Gasteiger partial charge in [-0.05, 0) is 34.3 Å². The van der Waals surface area contributed by atoms with Gasteiger partial charge in [0.05, 0.1) is 6.61 Å². The third-order valence-electron chi connectivity index (χ3n) is 2.77. The van der Waals surface area contributed by atoms with Gasteiger partial charge in [0.15, 0.2) is 5.82 Å². The maximum absolute atomic E-state index is 13.4. The van der Waals surface area contributed by atoms with Crippen molar-refractivity contribution in [3.63, 3.8) is 0 Å². The van der Waals surface area contributed by atoms with Crippen LogP contribution in [0, 0.1) is 11.7 Å². The lowest BCUT2D eigenvalue weighted by Crippen LogP contribution is -2.12. The summed E-state index contributed by atoms with van der Waals surface area (Å²) in [4.78, 5) is 3.92. The molecule has 1 unspecified atom stereocenters. The molecule has 1 rings (SSSR count). The van der Waals surface area contributed by atoms with Crippen LogP contribution < -0.4 is 4.74 Å². The minimum Gasteiger partial charge on any atom is -0.475 e. The molecule has 0 aliphatic carbocycles. The fourth-order valence-corrected chi connectivity index (χ4v) is 1.91. The Morgan fingerprint density at radius 1 is 1.47 bits per heavy atom. The molecule has 0 aromatic carbocycles. The van der Waals surface area contributed by atoms with Crippen LogP contribution in [0.5, 0.6) is 5.88 Å². The van der Waals surface area contributed by atoms with Gasteiger partial charge in [-0.2, -0.15) is 0 Å². The van der Waals surface area contributed by atoms with Gasteiger partial charge in [0.2, 0.25) is 5.88 Å². The van der Waals surface area contributed by atoms with E-state index < -0.39 is 5.82 Å². The Labute approximate surface area is 111 Å². The topological polar surface area (TPSA) is 22.1 Å².